The molecule has 1 fully saturated rings. The Morgan fingerprint density at radius 1 is 1.10 bits per heavy atom. The van der Waals surface area contributed by atoms with Crippen LogP contribution < -0.4 is 39.4 Å². The molecule has 0 saturated carbocycles. The zero-order valence-corrected chi connectivity index (χ0v) is 21.6. The van der Waals surface area contributed by atoms with Gasteiger partial charge in [-0.25, -0.2) is 0 Å². The maximum atomic E-state index is 12.5. The van der Waals surface area contributed by atoms with E-state index in [1.165, 1.54) is 10.5 Å². The summed E-state index contributed by atoms with van der Waals surface area (Å²) in [5, 5.41) is 10.6. The first-order chi connectivity index (χ1) is 14.1. The molecular formula is C23H22NNaO4S2. The Morgan fingerprint density at radius 3 is 2.16 bits per heavy atom. The van der Waals surface area contributed by atoms with Crippen LogP contribution in [-0.2, 0) is 15.0 Å². The molecule has 0 unspecified atom stereocenters. The Bertz CT molecular complexity index is 996. The van der Waals surface area contributed by atoms with Crippen molar-refractivity contribution >= 4 is 46.3 Å². The Balaban J connectivity index is 0.00000341. The van der Waals surface area contributed by atoms with E-state index in [2.05, 4.69) is 32.9 Å². The van der Waals surface area contributed by atoms with Crippen LogP contribution in [0.5, 0.6) is 11.5 Å². The molecule has 31 heavy (non-hydrogen) atoms. The number of hydrogen-bond acceptors (Lipinski definition) is 6. The van der Waals surface area contributed by atoms with Crippen molar-refractivity contribution in [3.63, 3.8) is 0 Å². The van der Waals surface area contributed by atoms with Crippen LogP contribution >= 0.6 is 24.0 Å². The maximum absolute atomic E-state index is 12.5. The third-order valence-corrected chi connectivity index (χ3v) is 5.92. The molecule has 0 aromatic heterocycles. The molecule has 0 bridgehead atoms. The normalized spacial score (nSPS) is 15.2. The second-order valence-corrected chi connectivity index (χ2v) is 9.58. The van der Waals surface area contributed by atoms with Crippen LogP contribution in [0.1, 0.15) is 38.3 Å². The molecule has 1 saturated heterocycles. The molecule has 1 aliphatic rings. The van der Waals surface area contributed by atoms with Crippen molar-refractivity contribution in [3.8, 4) is 11.5 Å². The van der Waals surface area contributed by atoms with Gasteiger partial charge in [0, 0.05) is 18.9 Å². The van der Waals surface area contributed by atoms with Crippen LogP contribution in [0, 0.1) is 0 Å². The van der Waals surface area contributed by atoms with Crippen molar-refractivity contribution in [2.24, 2.45) is 0 Å². The number of carboxylic acids is 1. The van der Waals surface area contributed by atoms with Crippen molar-refractivity contribution in [1.29, 1.82) is 0 Å². The number of benzene rings is 2. The molecule has 2 aromatic carbocycles. The number of carboxylic acid groups (broad SMARTS) is 1. The van der Waals surface area contributed by atoms with E-state index in [0.29, 0.717) is 15.0 Å². The van der Waals surface area contributed by atoms with Gasteiger partial charge < -0.3 is 14.6 Å². The Morgan fingerprint density at radius 2 is 1.65 bits per heavy atom. The smallest absolute Gasteiger partial charge is 0.550 e. The van der Waals surface area contributed by atoms with E-state index in [1.54, 1.807) is 6.08 Å². The summed E-state index contributed by atoms with van der Waals surface area (Å²) in [6.07, 6.45) is 1.49. The Hall–Kier alpha value is -1.64. The fraction of sp³-hybridized carbons (Fsp3) is 0.261. The topological polar surface area (TPSA) is 69.7 Å². The predicted octanol–water partition coefficient (Wildman–Crippen LogP) is 1.12. The Labute approximate surface area is 214 Å². The average molecular weight is 464 g/mol. The maximum Gasteiger partial charge on any atom is 1.00 e. The molecule has 5 nitrogen and oxygen atoms in total. The second-order valence-electron chi connectivity index (χ2n) is 7.90. The van der Waals surface area contributed by atoms with Crippen LogP contribution in [0.3, 0.4) is 0 Å². The summed E-state index contributed by atoms with van der Waals surface area (Å²) >= 11 is 6.35. The Kier molecular flexibility index (Phi) is 8.92. The van der Waals surface area contributed by atoms with Crippen molar-refractivity contribution in [3.05, 3.63) is 64.6 Å². The van der Waals surface area contributed by atoms with Gasteiger partial charge in [-0.05, 0) is 46.9 Å². The minimum Gasteiger partial charge on any atom is -0.550 e. The largest absolute Gasteiger partial charge is 1.00 e. The first-order valence-electron chi connectivity index (χ1n) is 9.47. The van der Waals surface area contributed by atoms with Crippen LogP contribution in [-0.4, -0.2) is 27.6 Å². The molecule has 0 atom stereocenters. The van der Waals surface area contributed by atoms with E-state index in [4.69, 9.17) is 17.0 Å². The first-order valence-corrected chi connectivity index (χ1v) is 10.7. The van der Waals surface area contributed by atoms with Crippen LogP contribution in [0.4, 0.5) is 0 Å². The fourth-order valence-electron chi connectivity index (χ4n) is 2.84. The van der Waals surface area contributed by atoms with Gasteiger partial charge in [0.25, 0.3) is 5.91 Å². The molecule has 0 spiro atoms. The molecular weight excluding hydrogens is 441 g/mol. The minimum atomic E-state index is -1.21. The van der Waals surface area contributed by atoms with Crippen LogP contribution in [0.15, 0.2) is 53.4 Å². The first kappa shape index (κ1) is 25.6. The number of carbonyl (C=O) groups excluding carboxylic acids is 2. The van der Waals surface area contributed by atoms with Crippen LogP contribution in [0.2, 0.25) is 0 Å². The van der Waals surface area contributed by atoms with E-state index >= 15 is 0 Å². The molecule has 156 valence electrons. The second kappa shape index (κ2) is 10.8. The van der Waals surface area contributed by atoms with Crippen LogP contribution in [0.25, 0.3) is 6.08 Å². The van der Waals surface area contributed by atoms with Gasteiger partial charge in [0.2, 0.25) is 0 Å². The number of nitrogens with zero attached hydrogens (tertiary/aromatic N) is 1. The molecule has 0 radical (unpaired) electrons. The summed E-state index contributed by atoms with van der Waals surface area (Å²) in [7, 11) is 0. The van der Waals surface area contributed by atoms with Crippen molar-refractivity contribution in [2.75, 3.05) is 6.54 Å². The molecule has 2 aromatic rings. The summed E-state index contributed by atoms with van der Waals surface area (Å²) in [5.74, 6) is -0.0520. The number of carbonyl (C=O) groups is 2. The van der Waals surface area contributed by atoms with Crippen molar-refractivity contribution < 1.29 is 49.0 Å². The van der Waals surface area contributed by atoms with Gasteiger partial charge in [-0.3, -0.25) is 9.69 Å². The molecule has 0 aliphatic carbocycles. The van der Waals surface area contributed by atoms with Gasteiger partial charge in [-0.15, -0.1) is 0 Å². The standard InChI is InChI=1S/C23H23NO4S2.Na/c1-23(2,3)16-6-10-18(11-7-16)28-17-8-4-15(5-9-17)14-19-21(27)24(22(29)30-19)13-12-20(25)26;/h4-11,14H,12-13H2,1-3H3,(H,25,26);/q;+1/p-1. The van der Waals surface area contributed by atoms with E-state index in [9.17, 15) is 14.7 Å². The molecule has 1 amide bonds. The zero-order valence-electron chi connectivity index (χ0n) is 18.0. The van der Waals surface area contributed by atoms with Gasteiger partial charge in [0.1, 0.15) is 15.8 Å². The number of thioether (sulfide) groups is 1. The number of aliphatic carboxylic acids is 1. The van der Waals surface area contributed by atoms with Crippen molar-refractivity contribution in [1.82, 2.24) is 4.90 Å². The monoisotopic (exact) mass is 463 g/mol. The minimum absolute atomic E-state index is 0. The molecule has 8 heteroatoms. The quantitative estimate of drug-likeness (QED) is 0.363. The summed E-state index contributed by atoms with van der Waals surface area (Å²) in [6, 6.07) is 15.4. The van der Waals surface area contributed by atoms with E-state index in [0.717, 1.165) is 23.1 Å². The molecule has 1 aliphatic heterocycles. The SMILES string of the molecule is CC(C)(C)c1ccc(Oc2ccc(C=C3SC(=S)N(CCC(=O)[O-])C3=O)cc2)cc1.[Na+]. The van der Waals surface area contributed by atoms with Gasteiger partial charge in [0.15, 0.2) is 0 Å². The van der Waals surface area contributed by atoms with Gasteiger partial charge >= 0.3 is 29.6 Å². The molecule has 1 heterocycles. The number of rotatable bonds is 6. The van der Waals surface area contributed by atoms with Gasteiger partial charge in [-0.1, -0.05) is 69.0 Å². The number of ether oxygens (including phenoxy) is 1. The number of thiocarbonyl (C=S) groups is 1. The number of hydrogen-bond donors (Lipinski definition) is 0. The van der Waals surface area contributed by atoms with Gasteiger partial charge in [0.05, 0.1) is 4.91 Å². The van der Waals surface area contributed by atoms with Crippen molar-refractivity contribution in [2.45, 2.75) is 32.6 Å². The van der Waals surface area contributed by atoms with E-state index in [-0.39, 0.29) is 53.8 Å². The molecule has 0 N–H and O–H groups in total. The average Bonchev–Trinajstić information content (AvgIpc) is 2.94. The molecule has 3 rings (SSSR count). The van der Waals surface area contributed by atoms with E-state index < -0.39 is 5.97 Å². The summed E-state index contributed by atoms with van der Waals surface area (Å²) in [6.45, 7) is 6.52. The summed E-state index contributed by atoms with van der Waals surface area (Å²) in [5.41, 5.74) is 2.15. The summed E-state index contributed by atoms with van der Waals surface area (Å²) in [4.78, 5) is 24.8. The predicted molar refractivity (Wildman–Crippen MR) is 121 cm³/mol. The zero-order chi connectivity index (χ0) is 21.9. The van der Waals surface area contributed by atoms with E-state index in [1.807, 2.05) is 36.4 Å². The third-order valence-electron chi connectivity index (χ3n) is 4.55. The third kappa shape index (κ3) is 6.92. The fourth-order valence-corrected chi connectivity index (χ4v) is 4.15. The van der Waals surface area contributed by atoms with Gasteiger partial charge in [-0.2, -0.15) is 0 Å². The summed E-state index contributed by atoms with van der Waals surface area (Å²) < 4.78 is 6.25. The number of amides is 1.